The van der Waals surface area contributed by atoms with E-state index in [9.17, 15) is 9.59 Å². The molecule has 0 aliphatic carbocycles. The third-order valence-electron chi connectivity index (χ3n) is 6.53. The van der Waals surface area contributed by atoms with Crippen LogP contribution in [0.25, 0.3) is 11.8 Å². The van der Waals surface area contributed by atoms with Crippen LogP contribution in [0, 0.1) is 0 Å². The third kappa shape index (κ3) is 5.10. The largest absolute Gasteiger partial charge is 0.493 e. The zero-order valence-corrected chi connectivity index (χ0v) is 24.2. The molecule has 0 saturated heterocycles. The Morgan fingerprint density at radius 1 is 1.02 bits per heavy atom. The fourth-order valence-corrected chi connectivity index (χ4v) is 6.11. The van der Waals surface area contributed by atoms with Gasteiger partial charge in [0.15, 0.2) is 16.3 Å². The summed E-state index contributed by atoms with van der Waals surface area (Å²) in [5.74, 6) is 0.580. The summed E-state index contributed by atoms with van der Waals surface area (Å²) in [7, 11) is 3.13. The van der Waals surface area contributed by atoms with Crippen LogP contribution in [0.4, 0.5) is 0 Å². The van der Waals surface area contributed by atoms with Crippen molar-refractivity contribution in [3.05, 3.63) is 115 Å². The monoisotopic (exact) mass is 572 g/mol. The minimum atomic E-state index is -0.726. The maximum Gasteiger partial charge on any atom is 0.338 e. The van der Waals surface area contributed by atoms with E-state index in [0.717, 1.165) is 16.0 Å². The highest BCUT2D eigenvalue weighted by Gasteiger charge is 2.35. The Balaban J connectivity index is 1.82. The molecule has 0 fully saturated rings. The first-order chi connectivity index (χ1) is 19.5. The molecular weight excluding hydrogens is 544 g/mol. The molecule has 0 spiro atoms. The molecule has 3 aromatic carbocycles. The van der Waals surface area contributed by atoms with E-state index < -0.39 is 12.0 Å². The lowest BCUT2D eigenvalue weighted by Gasteiger charge is -2.26. The number of benzene rings is 3. The standard InChI is InChI=1S/C31H28N2O5S2/c1-5-38-30(35)25-26(19-10-7-6-8-11-19)32-31-33(27(25)20-14-16-22(39-4)17-15-20)29(34)24(40-31)18-21-12-9-13-23(36-2)28(21)37-3/h6-18,27H,5H2,1-4H3/b24-18-/t27-/m0/s1. The van der Waals surface area contributed by atoms with E-state index in [1.165, 1.54) is 11.3 Å². The van der Waals surface area contributed by atoms with Crippen molar-refractivity contribution in [3.63, 3.8) is 0 Å². The summed E-state index contributed by atoms with van der Waals surface area (Å²) in [4.78, 5) is 34.1. The van der Waals surface area contributed by atoms with Gasteiger partial charge >= 0.3 is 5.97 Å². The van der Waals surface area contributed by atoms with E-state index in [0.29, 0.717) is 37.7 Å². The van der Waals surface area contributed by atoms with E-state index in [1.54, 1.807) is 49.6 Å². The number of nitrogens with zero attached hydrogens (tertiary/aromatic N) is 2. The number of thioether (sulfide) groups is 1. The van der Waals surface area contributed by atoms with Gasteiger partial charge in [0.1, 0.15) is 0 Å². The number of rotatable bonds is 8. The van der Waals surface area contributed by atoms with Crippen LogP contribution < -0.4 is 24.4 Å². The molecule has 1 aliphatic rings. The van der Waals surface area contributed by atoms with Crippen molar-refractivity contribution in [1.29, 1.82) is 0 Å². The van der Waals surface area contributed by atoms with Crippen LogP contribution in [-0.4, -0.2) is 37.6 Å². The van der Waals surface area contributed by atoms with Crippen LogP contribution in [0.2, 0.25) is 0 Å². The number of thiazole rings is 1. The Bertz CT molecular complexity index is 1760. The number of carbonyl (C=O) groups excluding carboxylic acids is 1. The van der Waals surface area contributed by atoms with Crippen LogP contribution >= 0.6 is 23.1 Å². The van der Waals surface area contributed by atoms with Crippen molar-refractivity contribution in [3.8, 4) is 11.5 Å². The molecule has 2 heterocycles. The maximum atomic E-state index is 14.1. The molecule has 7 nitrogen and oxygen atoms in total. The second-order valence-electron chi connectivity index (χ2n) is 8.79. The van der Waals surface area contributed by atoms with Crippen LogP contribution in [0.15, 0.2) is 93.1 Å². The SMILES string of the molecule is CCOC(=O)C1=C(c2ccccc2)N=c2s/c(=C\c3cccc(OC)c3OC)c(=O)n2[C@H]1c1ccc(SC)cc1. The number of carbonyl (C=O) groups is 1. The summed E-state index contributed by atoms with van der Waals surface area (Å²) in [6.45, 7) is 1.96. The molecule has 4 aromatic rings. The summed E-state index contributed by atoms with van der Waals surface area (Å²) < 4.78 is 18.6. The summed E-state index contributed by atoms with van der Waals surface area (Å²) in [5, 5.41) is 0. The topological polar surface area (TPSA) is 79.1 Å². The van der Waals surface area contributed by atoms with Crippen LogP contribution in [-0.2, 0) is 9.53 Å². The Morgan fingerprint density at radius 2 is 1.77 bits per heavy atom. The number of aromatic nitrogens is 1. The van der Waals surface area contributed by atoms with Gasteiger partial charge in [0, 0.05) is 16.0 Å². The average Bonchev–Trinajstić information content (AvgIpc) is 3.30. The van der Waals surface area contributed by atoms with E-state index in [4.69, 9.17) is 19.2 Å². The molecule has 5 rings (SSSR count). The first-order valence-electron chi connectivity index (χ1n) is 12.6. The molecule has 0 unspecified atom stereocenters. The van der Waals surface area contributed by atoms with Crippen LogP contribution in [0.1, 0.15) is 29.7 Å². The molecule has 0 radical (unpaired) electrons. The zero-order chi connectivity index (χ0) is 28.2. The molecule has 0 saturated carbocycles. The first-order valence-corrected chi connectivity index (χ1v) is 14.7. The number of hydrogen-bond acceptors (Lipinski definition) is 8. The molecular formula is C31H28N2O5S2. The van der Waals surface area contributed by atoms with Crippen molar-refractivity contribution < 1.29 is 19.0 Å². The number of ether oxygens (including phenoxy) is 3. The fourth-order valence-electron chi connectivity index (χ4n) is 4.71. The Labute approximate surface area is 240 Å². The van der Waals surface area contributed by atoms with Crippen molar-refractivity contribution >= 4 is 40.8 Å². The summed E-state index contributed by atoms with van der Waals surface area (Å²) in [6.07, 6.45) is 3.78. The first kappa shape index (κ1) is 27.5. The van der Waals surface area contributed by atoms with Gasteiger partial charge in [0.05, 0.1) is 42.7 Å². The van der Waals surface area contributed by atoms with Gasteiger partial charge in [-0.1, -0.05) is 65.9 Å². The van der Waals surface area contributed by atoms with Crippen LogP contribution in [0.5, 0.6) is 11.5 Å². The van der Waals surface area contributed by atoms with Gasteiger partial charge in [-0.3, -0.25) is 9.36 Å². The number of esters is 1. The Hall–Kier alpha value is -4.08. The van der Waals surface area contributed by atoms with Gasteiger partial charge in [-0.05, 0) is 43.0 Å². The van der Waals surface area contributed by atoms with Gasteiger partial charge in [0.2, 0.25) is 0 Å². The average molecular weight is 573 g/mol. The molecule has 0 N–H and O–H groups in total. The normalized spacial score (nSPS) is 14.9. The molecule has 1 aromatic heterocycles. The lowest BCUT2D eigenvalue weighted by atomic mass is 9.93. The van der Waals surface area contributed by atoms with Crippen LogP contribution in [0.3, 0.4) is 0 Å². The number of para-hydroxylation sites is 1. The molecule has 9 heteroatoms. The number of methoxy groups -OCH3 is 2. The van der Waals surface area contributed by atoms with E-state index in [1.807, 2.05) is 73.0 Å². The lowest BCUT2D eigenvalue weighted by Crippen LogP contribution is -2.40. The predicted octanol–water partition coefficient (Wildman–Crippen LogP) is 4.67. The van der Waals surface area contributed by atoms with E-state index >= 15 is 0 Å². The maximum absolute atomic E-state index is 14.1. The molecule has 1 aliphatic heterocycles. The summed E-state index contributed by atoms with van der Waals surface area (Å²) >= 11 is 2.88. The smallest absolute Gasteiger partial charge is 0.338 e. The Morgan fingerprint density at radius 3 is 2.42 bits per heavy atom. The molecule has 1 atom stereocenters. The summed E-state index contributed by atoms with van der Waals surface area (Å²) in [5.41, 5.74) is 2.80. The predicted molar refractivity (Wildman–Crippen MR) is 159 cm³/mol. The van der Waals surface area contributed by atoms with Crippen molar-refractivity contribution in [1.82, 2.24) is 4.57 Å². The highest BCUT2D eigenvalue weighted by molar-refractivity contribution is 7.98. The third-order valence-corrected chi connectivity index (χ3v) is 8.25. The van der Waals surface area contributed by atoms with E-state index in [-0.39, 0.29) is 12.2 Å². The number of hydrogen-bond donors (Lipinski definition) is 0. The second kappa shape index (κ2) is 12.0. The number of fused-ring (bicyclic) bond motifs is 1. The second-order valence-corrected chi connectivity index (χ2v) is 10.7. The highest BCUT2D eigenvalue weighted by Crippen LogP contribution is 2.36. The fraction of sp³-hybridized carbons (Fsp3) is 0.194. The van der Waals surface area contributed by atoms with Gasteiger partial charge in [-0.2, -0.15) is 0 Å². The van der Waals surface area contributed by atoms with Crippen molar-refractivity contribution in [2.24, 2.45) is 4.99 Å². The summed E-state index contributed by atoms with van der Waals surface area (Å²) in [6, 6.07) is 22.2. The molecule has 40 heavy (non-hydrogen) atoms. The molecule has 0 bridgehead atoms. The Kier molecular flexibility index (Phi) is 8.23. The van der Waals surface area contributed by atoms with Gasteiger partial charge < -0.3 is 14.2 Å². The van der Waals surface area contributed by atoms with Gasteiger partial charge in [0.25, 0.3) is 5.56 Å². The highest BCUT2D eigenvalue weighted by atomic mass is 32.2. The van der Waals surface area contributed by atoms with Crippen molar-refractivity contribution in [2.45, 2.75) is 17.9 Å². The zero-order valence-electron chi connectivity index (χ0n) is 22.5. The minimum Gasteiger partial charge on any atom is -0.493 e. The van der Waals surface area contributed by atoms with Crippen molar-refractivity contribution in [2.75, 3.05) is 27.1 Å². The van der Waals surface area contributed by atoms with Gasteiger partial charge in [-0.25, -0.2) is 9.79 Å². The van der Waals surface area contributed by atoms with E-state index in [2.05, 4.69) is 0 Å². The minimum absolute atomic E-state index is 0.197. The molecule has 204 valence electrons. The quantitative estimate of drug-likeness (QED) is 0.226. The molecule has 0 amide bonds. The lowest BCUT2D eigenvalue weighted by molar-refractivity contribution is -0.138. The van der Waals surface area contributed by atoms with Gasteiger partial charge in [-0.15, -0.1) is 11.8 Å².